The number of anilines is 1. The predicted molar refractivity (Wildman–Crippen MR) is 138 cm³/mol. The number of methoxy groups -OCH3 is 1. The van der Waals surface area contributed by atoms with Crippen LogP contribution in [-0.4, -0.2) is 41.1 Å². The summed E-state index contributed by atoms with van der Waals surface area (Å²) in [6.07, 6.45) is 1.51. The van der Waals surface area contributed by atoms with Crippen molar-refractivity contribution in [1.82, 2.24) is 5.32 Å². The Balaban J connectivity index is 1.67. The summed E-state index contributed by atoms with van der Waals surface area (Å²) < 4.78 is 38.7. The molecule has 3 aromatic carbocycles. The molecule has 1 N–H and O–H groups in total. The summed E-state index contributed by atoms with van der Waals surface area (Å²) in [4.78, 5) is 12.9. The molecule has 1 amide bonds. The second-order valence-corrected chi connectivity index (χ2v) is 9.92. The Kier molecular flexibility index (Phi) is 9.14. The van der Waals surface area contributed by atoms with E-state index < -0.39 is 10.0 Å². The molecule has 3 aromatic rings. The third kappa shape index (κ3) is 7.23. The molecule has 35 heavy (non-hydrogen) atoms. The minimum atomic E-state index is -3.97. The smallest absolute Gasteiger partial charge is 0.264 e. The zero-order valence-electron chi connectivity index (χ0n) is 20.4. The zero-order chi connectivity index (χ0) is 25.3. The first-order valence-electron chi connectivity index (χ1n) is 11.6. The summed E-state index contributed by atoms with van der Waals surface area (Å²) in [5.74, 6) is 0.953. The van der Waals surface area contributed by atoms with Crippen molar-refractivity contribution < 1.29 is 22.7 Å². The molecule has 0 spiro atoms. The number of carbonyl (C=O) groups excluding carboxylic acids is 1. The first-order chi connectivity index (χ1) is 16.8. The lowest BCUT2D eigenvalue weighted by Crippen LogP contribution is -2.41. The van der Waals surface area contributed by atoms with Crippen molar-refractivity contribution in [3.05, 3.63) is 83.9 Å². The van der Waals surface area contributed by atoms with Crippen LogP contribution >= 0.6 is 0 Å². The fraction of sp³-hybridized carbons (Fsp3) is 0.296. The zero-order valence-corrected chi connectivity index (χ0v) is 21.2. The monoisotopic (exact) mass is 496 g/mol. The van der Waals surface area contributed by atoms with E-state index in [9.17, 15) is 13.2 Å². The Bertz CT molecular complexity index is 1210. The highest BCUT2D eigenvalue weighted by molar-refractivity contribution is 7.92. The standard InChI is InChI=1S/C27H32N2O5S/c1-4-34-24-14-12-22(13-15-24)7-6-18-28-27(30)20-29(23-8-5-9-25(19-23)33-3)35(31,32)26-16-10-21(2)11-17-26/h5,8-17,19H,4,6-7,18,20H2,1-3H3,(H,28,30). The highest BCUT2D eigenvalue weighted by Crippen LogP contribution is 2.27. The number of benzene rings is 3. The van der Waals surface area contributed by atoms with E-state index in [0.29, 0.717) is 24.6 Å². The van der Waals surface area contributed by atoms with Gasteiger partial charge in [-0.3, -0.25) is 9.10 Å². The van der Waals surface area contributed by atoms with Gasteiger partial charge in [-0.1, -0.05) is 35.9 Å². The molecule has 0 saturated heterocycles. The van der Waals surface area contributed by atoms with Crippen molar-refractivity contribution in [2.75, 3.05) is 31.1 Å². The maximum absolute atomic E-state index is 13.5. The van der Waals surface area contributed by atoms with E-state index in [1.807, 2.05) is 38.1 Å². The van der Waals surface area contributed by atoms with Gasteiger partial charge in [-0.05, 0) is 68.7 Å². The quantitative estimate of drug-likeness (QED) is 0.377. The number of carbonyl (C=O) groups is 1. The molecule has 0 aliphatic heterocycles. The second-order valence-electron chi connectivity index (χ2n) is 8.06. The Morgan fingerprint density at radius 3 is 2.34 bits per heavy atom. The maximum Gasteiger partial charge on any atom is 0.264 e. The third-order valence-corrected chi connectivity index (χ3v) is 7.22. The van der Waals surface area contributed by atoms with Gasteiger partial charge >= 0.3 is 0 Å². The Labute approximate surface area is 207 Å². The van der Waals surface area contributed by atoms with E-state index in [2.05, 4.69) is 5.32 Å². The minimum absolute atomic E-state index is 0.120. The van der Waals surface area contributed by atoms with Crippen molar-refractivity contribution in [3.8, 4) is 11.5 Å². The number of hydrogen-bond donors (Lipinski definition) is 1. The minimum Gasteiger partial charge on any atom is -0.497 e. The van der Waals surface area contributed by atoms with Crippen molar-refractivity contribution in [1.29, 1.82) is 0 Å². The molecule has 0 heterocycles. The van der Waals surface area contributed by atoms with E-state index in [4.69, 9.17) is 9.47 Å². The molecule has 0 unspecified atom stereocenters. The van der Waals surface area contributed by atoms with Gasteiger partial charge in [0.15, 0.2) is 0 Å². The van der Waals surface area contributed by atoms with Crippen LogP contribution in [-0.2, 0) is 21.2 Å². The summed E-state index contributed by atoms with van der Waals surface area (Å²) >= 11 is 0. The molecule has 0 bridgehead atoms. The number of nitrogens with zero attached hydrogens (tertiary/aromatic N) is 1. The molecule has 0 atom stereocenters. The average molecular weight is 497 g/mol. The van der Waals surface area contributed by atoms with Crippen LogP contribution in [0.4, 0.5) is 5.69 Å². The van der Waals surface area contributed by atoms with Crippen molar-refractivity contribution in [2.45, 2.75) is 31.6 Å². The summed E-state index contributed by atoms with van der Waals surface area (Å²) in [5, 5.41) is 2.85. The maximum atomic E-state index is 13.5. The average Bonchev–Trinajstić information content (AvgIpc) is 2.86. The van der Waals surface area contributed by atoms with Crippen LogP contribution < -0.4 is 19.1 Å². The van der Waals surface area contributed by atoms with E-state index in [0.717, 1.165) is 34.0 Å². The lowest BCUT2D eigenvalue weighted by molar-refractivity contribution is -0.119. The van der Waals surface area contributed by atoms with Gasteiger partial charge in [0.05, 0.1) is 24.3 Å². The van der Waals surface area contributed by atoms with E-state index in [1.165, 1.54) is 7.11 Å². The molecule has 186 valence electrons. The molecule has 7 nitrogen and oxygen atoms in total. The van der Waals surface area contributed by atoms with Crippen molar-refractivity contribution in [2.24, 2.45) is 0 Å². The number of ether oxygens (including phenoxy) is 2. The normalized spacial score (nSPS) is 11.1. The number of rotatable bonds is 12. The van der Waals surface area contributed by atoms with Crippen LogP contribution in [0, 0.1) is 6.92 Å². The van der Waals surface area contributed by atoms with Gasteiger partial charge in [-0.2, -0.15) is 0 Å². The number of sulfonamides is 1. The summed E-state index contributed by atoms with van der Waals surface area (Å²) in [7, 11) is -2.46. The molecule has 0 aliphatic rings. The SMILES string of the molecule is CCOc1ccc(CCCNC(=O)CN(c2cccc(OC)c2)S(=O)(=O)c2ccc(C)cc2)cc1. The van der Waals surface area contributed by atoms with Gasteiger partial charge in [0, 0.05) is 12.6 Å². The molecule has 0 saturated carbocycles. The number of nitrogens with one attached hydrogen (secondary N) is 1. The number of aryl methyl sites for hydroxylation is 2. The van der Waals surface area contributed by atoms with Crippen LogP contribution in [0.15, 0.2) is 77.7 Å². The summed E-state index contributed by atoms with van der Waals surface area (Å²) in [6.45, 7) is 4.54. The molecule has 0 radical (unpaired) electrons. The van der Waals surface area contributed by atoms with E-state index in [1.54, 1.807) is 48.5 Å². The highest BCUT2D eigenvalue weighted by atomic mass is 32.2. The Morgan fingerprint density at radius 1 is 0.971 bits per heavy atom. The van der Waals surface area contributed by atoms with Crippen LogP contribution in [0.3, 0.4) is 0 Å². The molecular weight excluding hydrogens is 464 g/mol. The summed E-state index contributed by atoms with van der Waals surface area (Å²) in [5.41, 5.74) is 2.44. The lowest BCUT2D eigenvalue weighted by atomic mass is 10.1. The van der Waals surface area contributed by atoms with Gasteiger partial charge in [-0.15, -0.1) is 0 Å². The molecule has 0 aliphatic carbocycles. The van der Waals surface area contributed by atoms with Gasteiger partial charge in [0.2, 0.25) is 5.91 Å². The van der Waals surface area contributed by atoms with Gasteiger partial charge in [-0.25, -0.2) is 8.42 Å². The number of hydrogen-bond acceptors (Lipinski definition) is 5. The lowest BCUT2D eigenvalue weighted by Gasteiger charge is -2.24. The molecular formula is C27H32N2O5S. The highest BCUT2D eigenvalue weighted by Gasteiger charge is 2.27. The molecule has 8 heteroatoms. The number of amides is 1. The summed E-state index contributed by atoms with van der Waals surface area (Å²) in [6, 6.07) is 21.1. The van der Waals surface area contributed by atoms with Crippen LogP contribution in [0.5, 0.6) is 11.5 Å². The Hall–Kier alpha value is -3.52. The fourth-order valence-corrected chi connectivity index (χ4v) is 4.96. The van der Waals surface area contributed by atoms with E-state index >= 15 is 0 Å². The fourth-order valence-electron chi connectivity index (χ4n) is 3.54. The molecule has 0 fully saturated rings. The largest absolute Gasteiger partial charge is 0.497 e. The van der Waals surface area contributed by atoms with Crippen LogP contribution in [0.25, 0.3) is 0 Å². The first kappa shape index (κ1) is 26.1. The van der Waals surface area contributed by atoms with Crippen molar-refractivity contribution in [3.63, 3.8) is 0 Å². The molecule has 0 aromatic heterocycles. The molecule has 3 rings (SSSR count). The van der Waals surface area contributed by atoms with Crippen LogP contribution in [0.2, 0.25) is 0 Å². The second kappa shape index (κ2) is 12.3. The van der Waals surface area contributed by atoms with E-state index in [-0.39, 0.29) is 17.3 Å². The van der Waals surface area contributed by atoms with Gasteiger partial charge in [0.1, 0.15) is 18.0 Å². The van der Waals surface area contributed by atoms with Gasteiger partial charge in [0.25, 0.3) is 10.0 Å². The topological polar surface area (TPSA) is 84.9 Å². The van der Waals surface area contributed by atoms with Gasteiger partial charge < -0.3 is 14.8 Å². The van der Waals surface area contributed by atoms with Crippen molar-refractivity contribution >= 4 is 21.6 Å². The predicted octanol–water partition coefficient (Wildman–Crippen LogP) is 4.35. The Morgan fingerprint density at radius 2 is 1.69 bits per heavy atom. The third-order valence-electron chi connectivity index (χ3n) is 5.44. The first-order valence-corrected chi connectivity index (χ1v) is 13.0. The van der Waals surface area contributed by atoms with Crippen LogP contribution in [0.1, 0.15) is 24.5 Å².